The van der Waals surface area contributed by atoms with Gasteiger partial charge in [0.2, 0.25) is 0 Å². The van der Waals surface area contributed by atoms with Gasteiger partial charge in [0.25, 0.3) is 0 Å². The first-order chi connectivity index (χ1) is 8.54. The Morgan fingerprint density at radius 3 is 2.78 bits per heavy atom. The summed E-state index contributed by atoms with van der Waals surface area (Å²) in [6.45, 7) is 3.80. The maximum Gasteiger partial charge on any atom is 0.341 e. The van der Waals surface area contributed by atoms with E-state index in [1.807, 2.05) is 32.0 Å². The first kappa shape index (κ1) is 12.8. The van der Waals surface area contributed by atoms with E-state index in [1.54, 1.807) is 0 Å². The highest BCUT2D eigenvalue weighted by molar-refractivity contribution is 9.10. The van der Waals surface area contributed by atoms with Crippen molar-refractivity contribution in [2.75, 3.05) is 0 Å². The van der Waals surface area contributed by atoms with Crippen molar-refractivity contribution in [2.24, 2.45) is 0 Å². The molecule has 94 valence electrons. The summed E-state index contributed by atoms with van der Waals surface area (Å²) in [5.41, 5.74) is 2.32. The summed E-state index contributed by atoms with van der Waals surface area (Å²) in [7, 11) is 0. The van der Waals surface area contributed by atoms with Crippen LogP contribution in [0.3, 0.4) is 0 Å². The molecular formula is C13H12BrNO3. The van der Waals surface area contributed by atoms with E-state index in [0.717, 1.165) is 15.6 Å². The van der Waals surface area contributed by atoms with Gasteiger partial charge in [-0.05, 0) is 18.6 Å². The smallest absolute Gasteiger partial charge is 0.341 e. The molecule has 0 aliphatic heterocycles. The van der Waals surface area contributed by atoms with Gasteiger partial charge in [0.1, 0.15) is 11.3 Å². The minimum absolute atomic E-state index is 0.141. The quantitative estimate of drug-likeness (QED) is 0.939. The molecule has 0 bridgehead atoms. The molecule has 1 aromatic carbocycles. The summed E-state index contributed by atoms with van der Waals surface area (Å²) in [4.78, 5) is 11.3. The van der Waals surface area contributed by atoms with Crippen molar-refractivity contribution in [3.05, 3.63) is 39.6 Å². The number of aromatic carboxylic acids is 1. The number of halogens is 1. The fourth-order valence-electron chi connectivity index (χ4n) is 1.78. The molecule has 0 fully saturated rings. The van der Waals surface area contributed by atoms with Gasteiger partial charge >= 0.3 is 5.97 Å². The molecule has 0 radical (unpaired) electrons. The third kappa shape index (κ3) is 2.18. The van der Waals surface area contributed by atoms with Gasteiger partial charge in [-0.15, -0.1) is 0 Å². The fraction of sp³-hybridized carbons (Fsp3) is 0.231. The minimum Gasteiger partial charge on any atom is -0.477 e. The molecule has 4 nitrogen and oxygen atoms in total. The number of carboxylic acid groups (broad SMARTS) is 1. The van der Waals surface area contributed by atoms with Crippen LogP contribution in [0, 0.1) is 6.92 Å². The van der Waals surface area contributed by atoms with Crippen LogP contribution in [0.25, 0.3) is 11.3 Å². The van der Waals surface area contributed by atoms with Crippen LogP contribution in [0.4, 0.5) is 0 Å². The summed E-state index contributed by atoms with van der Waals surface area (Å²) >= 11 is 3.42. The number of carboxylic acids is 1. The number of rotatable bonds is 3. The summed E-state index contributed by atoms with van der Waals surface area (Å²) < 4.78 is 5.90. The van der Waals surface area contributed by atoms with Gasteiger partial charge in [-0.25, -0.2) is 4.79 Å². The van der Waals surface area contributed by atoms with Gasteiger partial charge in [-0.1, -0.05) is 40.1 Å². The second-order valence-corrected chi connectivity index (χ2v) is 4.83. The Kier molecular flexibility index (Phi) is 3.52. The van der Waals surface area contributed by atoms with Crippen molar-refractivity contribution in [2.45, 2.75) is 20.3 Å². The Morgan fingerprint density at radius 2 is 2.22 bits per heavy atom. The third-order valence-corrected chi connectivity index (χ3v) is 3.33. The summed E-state index contributed by atoms with van der Waals surface area (Å²) in [5, 5.41) is 13.1. The molecule has 0 spiro atoms. The van der Waals surface area contributed by atoms with E-state index in [2.05, 4.69) is 21.1 Å². The van der Waals surface area contributed by atoms with Gasteiger partial charge in [-0.2, -0.15) is 0 Å². The van der Waals surface area contributed by atoms with Crippen LogP contribution in [-0.4, -0.2) is 16.2 Å². The van der Waals surface area contributed by atoms with Gasteiger partial charge in [0.05, 0.1) is 0 Å². The molecule has 1 aromatic heterocycles. The van der Waals surface area contributed by atoms with Crippen LogP contribution in [0.1, 0.15) is 28.6 Å². The van der Waals surface area contributed by atoms with Gasteiger partial charge in [-0.3, -0.25) is 0 Å². The molecule has 1 N–H and O–H groups in total. The second kappa shape index (κ2) is 4.94. The lowest BCUT2D eigenvalue weighted by Gasteiger charge is -2.03. The Hall–Kier alpha value is -1.62. The zero-order chi connectivity index (χ0) is 13.3. The van der Waals surface area contributed by atoms with Crippen molar-refractivity contribution >= 4 is 21.9 Å². The third-order valence-electron chi connectivity index (χ3n) is 2.68. The zero-order valence-corrected chi connectivity index (χ0v) is 11.6. The van der Waals surface area contributed by atoms with E-state index in [-0.39, 0.29) is 5.56 Å². The lowest BCUT2D eigenvalue weighted by Crippen LogP contribution is -2.01. The Bertz CT molecular complexity index is 604. The zero-order valence-electron chi connectivity index (χ0n) is 10.0. The van der Waals surface area contributed by atoms with E-state index >= 15 is 0 Å². The molecular weight excluding hydrogens is 298 g/mol. The van der Waals surface area contributed by atoms with E-state index in [4.69, 9.17) is 4.52 Å². The molecule has 0 unspecified atom stereocenters. The fourth-order valence-corrected chi connectivity index (χ4v) is 2.46. The maximum absolute atomic E-state index is 11.3. The van der Waals surface area contributed by atoms with Crippen LogP contribution in [-0.2, 0) is 6.42 Å². The lowest BCUT2D eigenvalue weighted by atomic mass is 10.0. The highest BCUT2D eigenvalue weighted by Crippen LogP contribution is 2.32. The molecule has 1 heterocycles. The minimum atomic E-state index is -1.02. The molecule has 5 heteroatoms. The molecule has 18 heavy (non-hydrogen) atoms. The number of aryl methyl sites for hydroxylation is 2. The molecule has 2 rings (SSSR count). The Morgan fingerprint density at radius 1 is 1.50 bits per heavy atom. The van der Waals surface area contributed by atoms with Crippen molar-refractivity contribution in [3.8, 4) is 11.3 Å². The average molecular weight is 310 g/mol. The number of benzene rings is 1. The number of nitrogens with zero attached hydrogens (tertiary/aromatic N) is 1. The van der Waals surface area contributed by atoms with E-state index in [1.165, 1.54) is 0 Å². The average Bonchev–Trinajstić information content (AvgIpc) is 2.72. The van der Waals surface area contributed by atoms with E-state index < -0.39 is 5.97 Å². The molecule has 0 aliphatic carbocycles. The van der Waals surface area contributed by atoms with Gasteiger partial charge < -0.3 is 9.63 Å². The molecule has 0 saturated heterocycles. The topological polar surface area (TPSA) is 63.3 Å². The standard InChI is InChI=1S/C13H12BrNO3/c1-3-10-11(13(16)17)12(15-18-10)8-5-4-7(2)6-9(8)14/h4-6H,3H2,1-2H3,(H,16,17). The highest BCUT2D eigenvalue weighted by Gasteiger charge is 2.23. The first-order valence-electron chi connectivity index (χ1n) is 5.53. The predicted molar refractivity (Wildman–Crippen MR) is 70.7 cm³/mol. The van der Waals surface area contributed by atoms with E-state index in [9.17, 15) is 9.90 Å². The van der Waals surface area contributed by atoms with Crippen LogP contribution in [0.5, 0.6) is 0 Å². The lowest BCUT2D eigenvalue weighted by molar-refractivity contribution is 0.0695. The van der Waals surface area contributed by atoms with Crippen LogP contribution < -0.4 is 0 Å². The summed E-state index contributed by atoms with van der Waals surface area (Å²) in [5.74, 6) is -0.624. The normalized spacial score (nSPS) is 10.6. The van der Waals surface area contributed by atoms with Gasteiger partial charge in [0, 0.05) is 16.5 Å². The maximum atomic E-state index is 11.3. The predicted octanol–water partition coefficient (Wildman–Crippen LogP) is 3.67. The van der Waals surface area contributed by atoms with Crippen molar-refractivity contribution < 1.29 is 14.4 Å². The molecule has 0 saturated carbocycles. The Labute approximate surface area is 113 Å². The molecule has 0 atom stereocenters. The molecule has 0 aliphatic rings. The number of hydrogen-bond donors (Lipinski definition) is 1. The van der Waals surface area contributed by atoms with Crippen molar-refractivity contribution in [3.63, 3.8) is 0 Å². The number of carbonyl (C=O) groups is 1. The SMILES string of the molecule is CCc1onc(-c2ccc(C)cc2Br)c1C(=O)O. The number of aromatic nitrogens is 1. The van der Waals surface area contributed by atoms with Crippen molar-refractivity contribution in [1.82, 2.24) is 5.16 Å². The Balaban J connectivity index is 2.64. The first-order valence-corrected chi connectivity index (χ1v) is 6.32. The molecule has 2 aromatic rings. The summed E-state index contributed by atoms with van der Waals surface area (Å²) in [6, 6.07) is 5.66. The van der Waals surface area contributed by atoms with Crippen molar-refractivity contribution in [1.29, 1.82) is 0 Å². The largest absolute Gasteiger partial charge is 0.477 e. The van der Waals surface area contributed by atoms with E-state index in [0.29, 0.717) is 17.9 Å². The van der Waals surface area contributed by atoms with Crippen LogP contribution in [0.15, 0.2) is 27.2 Å². The number of hydrogen-bond acceptors (Lipinski definition) is 3. The second-order valence-electron chi connectivity index (χ2n) is 3.97. The monoisotopic (exact) mass is 309 g/mol. The van der Waals surface area contributed by atoms with Crippen LogP contribution >= 0.6 is 15.9 Å². The van der Waals surface area contributed by atoms with Gasteiger partial charge in [0.15, 0.2) is 5.76 Å². The molecule has 0 amide bonds. The highest BCUT2D eigenvalue weighted by atomic mass is 79.9. The van der Waals surface area contributed by atoms with Crippen LogP contribution in [0.2, 0.25) is 0 Å². The summed E-state index contributed by atoms with van der Waals surface area (Å²) in [6.07, 6.45) is 0.498.